The van der Waals surface area contributed by atoms with Gasteiger partial charge in [0.15, 0.2) is 6.61 Å². The number of primary amides is 1. The van der Waals surface area contributed by atoms with Crippen LogP contribution in [0.3, 0.4) is 0 Å². The van der Waals surface area contributed by atoms with Crippen LogP contribution in [0.25, 0.3) is 0 Å². The maximum absolute atomic E-state index is 11.8. The molecular formula is C14H15N3O6. The van der Waals surface area contributed by atoms with E-state index in [1.807, 2.05) is 0 Å². The van der Waals surface area contributed by atoms with Crippen LogP contribution in [0.4, 0.5) is 11.4 Å². The molecule has 2 rings (SSSR count). The number of hydrogen-bond donors (Lipinski definition) is 3. The van der Waals surface area contributed by atoms with Gasteiger partial charge in [-0.2, -0.15) is 0 Å². The van der Waals surface area contributed by atoms with Crippen LogP contribution in [-0.4, -0.2) is 41.9 Å². The van der Waals surface area contributed by atoms with Crippen molar-refractivity contribution in [3.05, 3.63) is 18.2 Å². The number of nitrogens with one attached hydrogen (secondary N) is 1. The highest BCUT2D eigenvalue weighted by Crippen LogP contribution is 2.34. The van der Waals surface area contributed by atoms with Crippen molar-refractivity contribution in [3.8, 4) is 5.75 Å². The highest BCUT2D eigenvalue weighted by Gasteiger charge is 2.27. The highest BCUT2D eigenvalue weighted by atomic mass is 16.5. The first-order valence-corrected chi connectivity index (χ1v) is 6.74. The number of nitrogens with zero attached hydrogens (tertiary/aromatic N) is 1. The fourth-order valence-electron chi connectivity index (χ4n) is 2.06. The van der Waals surface area contributed by atoms with Crippen LogP contribution in [0.15, 0.2) is 18.2 Å². The minimum atomic E-state index is -1.06. The van der Waals surface area contributed by atoms with E-state index in [4.69, 9.17) is 15.6 Å². The van der Waals surface area contributed by atoms with Gasteiger partial charge >= 0.3 is 5.97 Å². The number of ether oxygens (including phenoxy) is 1. The number of rotatable bonds is 6. The molecule has 0 bridgehead atoms. The number of amides is 3. The first-order chi connectivity index (χ1) is 10.9. The molecule has 1 aliphatic rings. The number of hydrogen-bond acceptors (Lipinski definition) is 5. The summed E-state index contributed by atoms with van der Waals surface area (Å²) in [5, 5.41) is 11.1. The fraction of sp³-hybridized carbons (Fsp3) is 0.286. The van der Waals surface area contributed by atoms with E-state index < -0.39 is 23.7 Å². The van der Waals surface area contributed by atoms with Crippen LogP contribution in [0, 0.1) is 0 Å². The van der Waals surface area contributed by atoms with E-state index in [0.717, 1.165) is 0 Å². The topological polar surface area (TPSA) is 139 Å². The number of carbonyl (C=O) groups excluding carboxylic acids is 3. The van der Waals surface area contributed by atoms with Gasteiger partial charge in [0.05, 0.1) is 12.1 Å². The van der Waals surface area contributed by atoms with Gasteiger partial charge in [0.25, 0.3) is 5.91 Å². The largest absolute Gasteiger partial charge is 0.481 e. The third-order valence-electron chi connectivity index (χ3n) is 3.07. The number of benzene rings is 1. The van der Waals surface area contributed by atoms with Crippen LogP contribution in [-0.2, 0) is 19.2 Å². The molecule has 0 spiro atoms. The molecule has 4 N–H and O–H groups in total. The van der Waals surface area contributed by atoms with E-state index >= 15 is 0 Å². The molecule has 122 valence electrons. The molecule has 1 aromatic rings. The quantitative estimate of drug-likeness (QED) is 0.657. The lowest BCUT2D eigenvalue weighted by molar-refractivity contribution is -0.138. The van der Waals surface area contributed by atoms with Gasteiger partial charge < -0.3 is 20.9 Å². The number of carbonyl (C=O) groups is 4. The molecule has 0 fully saturated rings. The molecule has 1 aromatic carbocycles. The average molecular weight is 321 g/mol. The fourth-order valence-corrected chi connectivity index (χ4v) is 2.06. The molecule has 0 aliphatic carbocycles. The third kappa shape index (κ3) is 4.19. The number of carboxylic acid groups (broad SMARTS) is 1. The van der Waals surface area contributed by atoms with Crippen LogP contribution < -0.4 is 20.7 Å². The maximum Gasteiger partial charge on any atom is 0.303 e. The van der Waals surface area contributed by atoms with Crippen molar-refractivity contribution in [2.24, 2.45) is 5.73 Å². The summed E-state index contributed by atoms with van der Waals surface area (Å²) >= 11 is 0. The SMILES string of the molecule is NC(=O)CN1C(=O)COc2cc(NC(=O)CCC(=O)O)ccc21. The minimum Gasteiger partial charge on any atom is -0.481 e. The maximum atomic E-state index is 11.8. The van der Waals surface area contributed by atoms with Gasteiger partial charge in [0.1, 0.15) is 12.3 Å². The Hall–Kier alpha value is -3.10. The lowest BCUT2D eigenvalue weighted by Crippen LogP contribution is -2.43. The second-order valence-electron chi connectivity index (χ2n) is 4.86. The molecule has 0 radical (unpaired) electrons. The van der Waals surface area contributed by atoms with E-state index in [9.17, 15) is 19.2 Å². The normalized spacial score (nSPS) is 13.0. The molecule has 1 heterocycles. The Morgan fingerprint density at radius 2 is 2.04 bits per heavy atom. The van der Waals surface area contributed by atoms with Crippen molar-refractivity contribution in [2.45, 2.75) is 12.8 Å². The van der Waals surface area contributed by atoms with Gasteiger partial charge in [-0.3, -0.25) is 24.1 Å². The van der Waals surface area contributed by atoms with Gasteiger partial charge in [-0.25, -0.2) is 0 Å². The summed E-state index contributed by atoms with van der Waals surface area (Å²) in [6.07, 6.45) is -0.423. The second kappa shape index (κ2) is 6.77. The Morgan fingerprint density at radius 1 is 1.30 bits per heavy atom. The third-order valence-corrected chi connectivity index (χ3v) is 3.07. The second-order valence-corrected chi connectivity index (χ2v) is 4.86. The summed E-state index contributed by atoms with van der Waals surface area (Å²) in [5.41, 5.74) is 5.89. The van der Waals surface area contributed by atoms with Crippen molar-refractivity contribution in [3.63, 3.8) is 0 Å². The van der Waals surface area contributed by atoms with E-state index in [1.165, 1.54) is 23.1 Å². The minimum absolute atomic E-state index is 0.153. The summed E-state index contributed by atoms with van der Waals surface area (Å²) in [4.78, 5) is 46.1. The molecule has 23 heavy (non-hydrogen) atoms. The van der Waals surface area contributed by atoms with Gasteiger partial charge in [-0.1, -0.05) is 0 Å². The van der Waals surface area contributed by atoms with Crippen LogP contribution >= 0.6 is 0 Å². The predicted molar refractivity (Wildman–Crippen MR) is 79.0 cm³/mol. The zero-order valence-electron chi connectivity index (χ0n) is 12.1. The molecule has 0 atom stereocenters. The van der Waals surface area contributed by atoms with E-state index in [2.05, 4.69) is 5.32 Å². The zero-order valence-corrected chi connectivity index (χ0v) is 12.1. The van der Waals surface area contributed by atoms with Crippen molar-refractivity contribution < 1.29 is 29.0 Å². The predicted octanol–water partition coefficient (Wildman–Crippen LogP) is -0.299. The summed E-state index contributed by atoms with van der Waals surface area (Å²) < 4.78 is 5.28. The van der Waals surface area contributed by atoms with Crippen molar-refractivity contribution in [1.82, 2.24) is 0 Å². The number of aliphatic carboxylic acids is 1. The number of nitrogens with two attached hydrogens (primary N) is 1. The standard InChI is InChI=1S/C14H15N3O6/c15-11(18)6-17-9-2-1-8(5-10(9)23-7-13(17)20)16-12(19)3-4-14(21)22/h1-2,5H,3-4,6-7H2,(H2,15,18)(H,16,19)(H,21,22). The summed E-state index contributed by atoms with van der Waals surface area (Å²) in [6.45, 7) is -0.504. The Bertz CT molecular complexity index is 672. The van der Waals surface area contributed by atoms with Gasteiger partial charge in [-0.15, -0.1) is 0 Å². The number of fused-ring (bicyclic) bond motifs is 1. The van der Waals surface area contributed by atoms with Gasteiger partial charge in [0, 0.05) is 18.2 Å². The van der Waals surface area contributed by atoms with E-state index in [-0.39, 0.29) is 26.0 Å². The molecule has 0 saturated heterocycles. The zero-order chi connectivity index (χ0) is 17.0. The molecule has 9 heteroatoms. The van der Waals surface area contributed by atoms with E-state index in [0.29, 0.717) is 17.1 Å². The van der Waals surface area contributed by atoms with Crippen molar-refractivity contribution >= 4 is 35.1 Å². The summed E-state index contributed by atoms with van der Waals surface area (Å²) in [5.74, 6) is -2.24. The lowest BCUT2D eigenvalue weighted by atomic mass is 10.2. The molecule has 0 saturated carbocycles. The van der Waals surface area contributed by atoms with E-state index in [1.54, 1.807) is 0 Å². The number of anilines is 2. The highest BCUT2D eigenvalue weighted by molar-refractivity contribution is 6.02. The first-order valence-electron chi connectivity index (χ1n) is 6.74. The van der Waals surface area contributed by atoms with Gasteiger partial charge in [0.2, 0.25) is 11.8 Å². The smallest absolute Gasteiger partial charge is 0.303 e. The van der Waals surface area contributed by atoms with Crippen molar-refractivity contribution in [2.75, 3.05) is 23.4 Å². The van der Waals surface area contributed by atoms with Crippen LogP contribution in [0.2, 0.25) is 0 Å². The Balaban J connectivity index is 2.13. The molecule has 0 aromatic heterocycles. The first kappa shape index (κ1) is 16.3. The molecular weight excluding hydrogens is 306 g/mol. The number of carboxylic acids is 1. The summed E-state index contributed by atoms with van der Waals surface area (Å²) in [7, 11) is 0. The molecule has 9 nitrogen and oxygen atoms in total. The molecule has 1 aliphatic heterocycles. The molecule has 0 unspecified atom stereocenters. The summed E-state index contributed by atoms with van der Waals surface area (Å²) in [6, 6.07) is 4.53. The van der Waals surface area contributed by atoms with Crippen LogP contribution in [0.1, 0.15) is 12.8 Å². The Morgan fingerprint density at radius 3 is 2.70 bits per heavy atom. The average Bonchev–Trinajstić information content (AvgIpc) is 2.48. The van der Waals surface area contributed by atoms with Gasteiger partial charge in [-0.05, 0) is 12.1 Å². The Kier molecular flexibility index (Phi) is 4.79. The monoisotopic (exact) mass is 321 g/mol. The molecule has 3 amide bonds. The lowest BCUT2D eigenvalue weighted by Gasteiger charge is -2.28. The van der Waals surface area contributed by atoms with Crippen molar-refractivity contribution in [1.29, 1.82) is 0 Å². The van der Waals surface area contributed by atoms with Crippen LogP contribution in [0.5, 0.6) is 5.75 Å². The Labute approximate surface area is 131 Å².